The van der Waals surface area contributed by atoms with E-state index >= 15 is 0 Å². The smallest absolute Gasteiger partial charge is 0.303 e. The number of nitrogens with zero attached hydrogens (tertiary/aromatic N) is 9. The number of anilines is 3. The topological polar surface area (TPSA) is 678 Å². The maximum Gasteiger partial charge on any atom is 0.303 e. The van der Waals surface area contributed by atoms with Gasteiger partial charge in [0.2, 0.25) is 41.4 Å². The molecule has 6 aromatic heterocycles. The number of aliphatic imine (C=N–C) groups is 3. The van der Waals surface area contributed by atoms with Gasteiger partial charge in [0, 0.05) is 102 Å². The van der Waals surface area contributed by atoms with Gasteiger partial charge in [0.1, 0.15) is 41.2 Å². The Morgan fingerprint density at radius 3 is 0.985 bits per heavy atom. The molecule has 27 N–H and O–H groups in total. The zero-order valence-corrected chi connectivity index (χ0v) is 75.9. The van der Waals surface area contributed by atoms with Crippen LogP contribution in [-0.2, 0) is 47.9 Å². The molecule has 0 saturated carbocycles. The van der Waals surface area contributed by atoms with Crippen molar-refractivity contribution in [2.75, 3.05) is 42.1 Å². The number of carbonyl (C=O) groups is 13. The molecule has 41 heteroatoms. The average molecular weight is 1840 g/mol. The number of carboxylic acid groups (broad SMARTS) is 3. The molecule has 3 aromatic carbocycles. The molecule has 0 aliphatic rings. The van der Waals surface area contributed by atoms with Crippen molar-refractivity contribution in [1.29, 1.82) is 0 Å². The third-order valence-electron chi connectivity index (χ3n) is 20.3. The number of primary amides is 2. The monoisotopic (exact) mass is 1840 g/mol. The summed E-state index contributed by atoms with van der Waals surface area (Å²) in [6.07, 6.45) is 6.07. The van der Waals surface area contributed by atoms with E-state index in [2.05, 4.69) is 72.5 Å². The van der Waals surface area contributed by atoms with Gasteiger partial charge in [-0.1, -0.05) is 109 Å². The van der Waals surface area contributed by atoms with Gasteiger partial charge in [-0.25, -0.2) is 0 Å². The molecule has 6 heterocycles. The van der Waals surface area contributed by atoms with Crippen molar-refractivity contribution in [2.45, 2.75) is 181 Å². The normalized spacial score (nSPS) is 11.7. The Morgan fingerprint density at radius 2 is 0.664 bits per heavy atom. The van der Waals surface area contributed by atoms with Gasteiger partial charge in [0.15, 0.2) is 17.9 Å². The van der Waals surface area contributed by atoms with E-state index in [-0.39, 0.29) is 135 Å². The van der Waals surface area contributed by atoms with Crippen LogP contribution in [0.5, 0.6) is 0 Å². The Bertz CT molecular complexity index is 5620. The first-order valence-electron chi connectivity index (χ1n) is 43.3. The number of aromatic nitrogens is 6. The van der Waals surface area contributed by atoms with Gasteiger partial charge in [-0.05, 0) is 152 Å². The number of benzene rings is 3. The first kappa shape index (κ1) is 105. The minimum atomic E-state index is -1.32. The lowest BCUT2D eigenvalue weighted by Crippen LogP contribution is -2.46. The second-order valence-corrected chi connectivity index (χ2v) is 31.6. The number of rotatable bonds is 46. The number of carboxylic acids is 3. The number of guanidine groups is 3. The van der Waals surface area contributed by atoms with Gasteiger partial charge < -0.3 is 117 Å². The van der Waals surface area contributed by atoms with Crippen molar-refractivity contribution >= 4 is 112 Å². The van der Waals surface area contributed by atoms with Crippen LogP contribution in [0.25, 0.3) is 67.5 Å². The Labute approximate surface area is 774 Å². The summed E-state index contributed by atoms with van der Waals surface area (Å²) in [6, 6.07) is 38.2. The maximum atomic E-state index is 14.3. The SMILES string of the molecule is CC(=O)NC(CCC(=O)O)C(=O)Nc1c(-c2ccccn2)c(-c2ccccc2)n(C(C)C)c1C(=O)NC(CCCN=C(N)N)C(N)=O.CC(=O)NC(CCCN=C(N)N)C(=O)Nc1c(-c2ccccn2)c(-c2ccccc2)n(C(C)C)c1C(=O)NC(CCC(=O)O)C(N)=O.CC(C)n1c(C(=O)NCCCC(=O)O)c(NC(=O)CCCCN=C(N)N)c(-c2ccccn2)c1-c1ccccc1. The number of hydrogen-bond acceptors (Lipinski definition) is 19. The Morgan fingerprint density at radius 1 is 0.351 bits per heavy atom. The van der Waals surface area contributed by atoms with E-state index in [4.69, 9.17) is 51.0 Å². The molecule has 712 valence electrons. The fourth-order valence-corrected chi connectivity index (χ4v) is 14.6. The van der Waals surface area contributed by atoms with Gasteiger partial charge in [-0.15, -0.1) is 0 Å². The highest BCUT2D eigenvalue weighted by molar-refractivity contribution is 6.15. The molecule has 4 unspecified atom stereocenters. The summed E-state index contributed by atoms with van der Waals surface area (Å²) >= 11 is 0. The molecule has 10 amide bonds. The Kier molecular flexibility index (Phi) is 40.6. The summed E-state index contributed by atoms with van der Waals surface area (Å²) in [5, 5.41) is 49.4. The Hall–Kier alpha value is -16.1. The van der Waals surface area contributed by atoms with Crippen molar-refractivity contribution in [2.24, 2.45) is 60.8 Å². The number of pyridine rings is 3. The van der Waals surface area contributed by atoms with Crippen LogP contribution in [0.1, 0.15) is 188 Å². The molecule has 41 nitrogen and oxygen atoms in total. The Balaban J connectivity index is 0.000000275. The van der Waals surface area contributed by atoms with Gasteiger partial charge in [-0.2, -0.15) is 0 Å². The van der Waals surface area contributed by atoms with E-state index in [1.165, 1.54) is 13.8 Å². The van der Waals surface area contributed by atoms with Gasteiger partial charge >= 0.3 is 17.9 Å². The summed E-state index contributed by atoms with van der Waals surface area (Å²) in [4.78, 5) is 191. The summed E-state index contributed by atoms with van der Waals surface area (Å²) in [5.74, 6) is -9.76. The molecule has 0 bridgehead atoms. The first-order valence-corrected chi connectivity index (χ1v) is 43.3. The lowest BCUT2D eigenvalue weighted by molar-refractivity contribution is -0.138. The molecule has 9 rings (SSSR count). The molecule has 134 heavy (non-hydrogen) atoms. The highest BCUT2D eigenvalue weighted by atomic mass is 16.4. The van der Waals surface area contributed by atoms with Crippen molar-refractivity contribution < 1.29 is 77.6 Å². The zero-order valence-electron chi connectivity index (χ0n) is 75.9. The van der Waals surface area contributed by atoms with Gasteiger partial charge in [0.25, 0.3) is 17.7 Å². The molecular weight excluding hydrogens is 1720 g/mol. The number of nitrogens with one attached hydrogen (secondary N) is 8. The number of amides is 10. The fraction of sp³-hybridized carbons (Fsp3) is 0.344. The predicted molar refractivity (Wildman–Crippen MR) is 510 cm³/mol. The molecule has 0 radical (unpaired) electrons. The van der Waals surface area contributed by atoms with Crippen molar-refractivity contribution in [3.8, 4) is 67.5 Å². The highest BCUT2D eigenvalue weighted by Gasteiger charge is 2.39. The highest BCUT2D eigenvalue weighted by Crippen LogP contribution is 2.48. The summed E-state index contributed by atoms with van der Waals surface area (Å²) < 4.78 is 5.35. The van der Waals surface area contributed by atoms with E-state index in [1.807, 2.05) is 149 Å². The predicted octanol–water partition coefficient (Wildman–Crippen LogP) is 7.26. The lowest BCUT2D eigenvalue weighted by atomic mass is 10.0. The largest absolute Gasteiger partial charge is 0.481 e. The molecule has 0 aliphatic heterocycles. The molecule has 0 aliphatic carbocycles. The van der Waals surface area contributed by atoms with Crippen molar-refractivity contribution in [1.82, 2.24) is 55.2 Å². The van der Waals surface area contributed by atoms with Crippen LogP contribution in [0.2, 0.25) is 0 Å². The first-order chi connectivity index (χ1) is 63.8. The quantitative estimate of drug-likeness (QED) is 0.0101. The average Bonchev–Trinajstić information content (AvgIpc) is 1.60. The summed E-state index contributed by atoms with van der Waals surface area (Å²) in [5.41, 5.74) is 51.3. The van der Waals surface area contributed by atoms with Crippen LogP contribution < -0.4 is 88.4 Å². The van der Waals surface area contributed by atoms with E-state index in [9.17, 15) is 72.5 Å². The van der Waals surface area contributed by atoms with Crippen LogP contribution in [0.15, 0.2) is 179 Å². The maximum absolute atomic E-state index is 14.3. The number of unbranched alkanes of at least 4 members (excludes halogenated alkanes) is 1. The van der Waals surface area contributed by atoms with E-state index in [0.717, 1.165) is 11.3 Å². The fourth-order valence-electron chi connectivity index (χ4n) is 14.6. The molecule has 0 spiro atoms. The minimum Gasteiger partial charge on any atom is -0.481 e. The second-order valence-electron chi connectivity index (χ2n) is 31.6. The molecule has 0 fully saturated rings. The van der Waals surface area contributed by atoms with Crippen LogP contribution in [0.3, 0.4) is 0 Å². The van der Waals surface area contributed by atoms with Gasteiger partial charge in [-0.3, -0.25) is 92.3 Å². The van der Waals surface area contributed by atoms with E-state index < -0.39 is 108 Å². The molecule has 9 aromatic rings. The molecular formula is C93H119N25O16. The van der Waals surface area contributed by atoms with Crippen LogP contribution in [0, 0.1) is 0 Å². The van der Waals surface area contributed by atoms with Crippen LogP contribution in [-0.4, -0.2) is 189 Å². The second kappa shape index (κ2) is 51.9. The van der Waals surface area contributed by atoms with Crippen LogP contribution in [0.4, 0.5) is 17.1 Å². The summed E-state index contributed by atoms with van der Waals surface area (Å²) in [6.45, 7) is 14.8. The van der Waals surface area contributed by atoms with Crippen LogP contribution >= 0.6 is 0 Å². The van der Waals surface area contributed by atoms with Crippen molar-refractivity contribution in [3.63, 3.8) is 0 Å². The minimum absolute atomic E-state index is 0.00642. The van der Waals surface area contributed by atoms with Crippen molar-refractivity contribution in [3.05, 3.63) is 181 Å². The number of aliphatic carboxylic acids is 3. The third-order valence-corrected chi connectivity index (χ3v) is 20.3. The van der Waals surface area contributed by atoms with E-state index in [0.29, 0.717) is 94.2 Å². The zero-order chi connectivity index (χ0) is 98.4. The number of carbonyl (C=O) groups excluding carboxylic acids is 10. The van der Waals surface area contributed by atoms with E-state index in [1.54, 1.807) is 70.2 Å². The lowest BCUT2D eigenvalue weighted by Gasteiger charge is -2.21. The number of hydrogen-bond donors (Lipinski definition) is 19. The molecule has 0 saturated heterocycles. The van der Waals surface area contributed by atoms with Gasteiger partial charge in [0.05, 0.1) is 67.9 Å². The summed E-state index contributed by atoms with van der Waals surface area (Å²) in [7, 11) is 0. The number of nitrogens with two attached hydrogens (primary N) is 8. The molecule has 4 atom stereocenters. The third kappa shape index (κ3) is 30.8. The standard InChI is InChI=1S/2C32H41N9O6.C29H37N7O4/c1-18(2)41-27(20-10-5-4-6-11-20)25(21-12-7-8-16-36-21)26(28(41)31(47)39-22(29(33)45)14-15-24(43)44)40-30(46)23(38-19(3)42)13-9-17-37-32(34)35;1-18(2)41-27(20-10-5-4-6-11-20)25(21-12-7-8-16-36-21)26(40-30(46)23(38-19(3)42)14-15-24(43)44)28(41)31(47)39-22(29(33)45)13-9-17-37-32(34)35;1-19(2)36-26(20-11-4-3-5-12-20)24(21-13-6-8-16-32-21)25(27(36)28(40)33-18-10-15-23(38)39)35-22(37)14-7-9-17-34-29(30)31/h2*4-8,10-12,16,18,22-23H,9,13-15,17H2,1-3H3,(H2,33,45)(H,38,42)(H,39,47)(H,40,46)(H,43,44)(H4,34,35,37);3-6,8,11-13,16,19H,7,9-10,14-15,17-18H2,1-2H3,(H,33,40)(H,35,37)(H,38,39)(H4,30,31,34).